The number of nitrogens with zero attached hydrogens (tertiary/aromatic N) is 2. The second kappa shape index (κ2) is 4.77. The zero-order valence-corrected chi connectivity index (χ0v) is 12.9. The number of thiophene rings is 1. The first-order valence-electron chi connectivity index (χ1n) is 7.01. The van der Waals surface area contributed by atoms with E-state index in [0.29, 0.717) is 16.5 Å². The second-order valence-electron chi connectivity index (χ2n) is 5.72. The molecule has 1 aliphatic carbocycles. The van der Waals surface area contributed by atoms with Crippen LogP contribution in [0.25, 0.3) is 10.2 Å². The van der Waals surface area contributed by atoms with Gasteiger partial charge in [-0.2, -0.15) is 5.10 Å². The van der Waals surface area contributed by atoms with Gasteiger partial charge in [0.05, 0.1) is 16.8 Å². The Morgan fingerprint density at radius 2 is 2.25 bits per heavy atom. The van der Waals surface area contributed by atoms with Crippen LogP contribution in [-0.4, -0.2) is 21.7 Å². The van der Waals surface area contributed by atoms with Crippen molar-refractivity contribution in [3.63, 3.8) is 0 Å². The highest BCUT2D eigenvalue weighted by Gasteiger charge is 2.27. The number of hydrogen-bond donors (Lipinski definition) is 2. The summed E-state index contributed by atoms with van der Waals surface area (Å²) in [6.45, 7) is 4.12. The molecule has 2 aromatic rings. The predicted octanol–water partition coefficient (Wildman–Crippen LogP) is 2.44. The minimum absolute atomic E-state index is 0.0400. The molecule has 2 aromatic heterocycles. The van der Waals surface area contributed by atoms with Gasteiger partial charge < -0.3 is 11.1 Å². The van der Waals surface area contributed by atoms with Gasteiger partial charge in [-0.3, -0.25) is 9.48 Å². The maximum absolute atomic E-state index is 12.4. The van der Waals surface area contributed by atoms with Gasteiger partial charge in [-0.25, -0.2) is 0 Å². The Bertz CT molecular complexity index is 672. The summed E-state index contributed by atoms with van der Waals surface area (Å²) in [7, 11) is 1.88. The fourth-order valence-electron chi connectivity index (χ4n) is 3.09. The van der Waals surface area contributed by atoms with Crippen LogP contribution in [-0.2, 0) is 7.05 Å². The molecule has 0 spiro atoms. The van der Waals surface area contributed by atoms with Gasteiger partial charge in [-0.1, -0.05) is 13.3 Å². The van der Waals surface area contributed by atoms with Crippen molar-refractivity contribution < 1.29 is 4.79 Å². The highest BCUT2D eigenvalue weighted by atomic mass is 32.1. The SMILES string of the molecule is Cc1nn(C)c2sc(C(=O)NC3CCCC3C)c(N)c12. The third-order valence-electron chi connectivity index (χ3n) is 4.27. The molecule has 1 aliphatic rings. The number of hydrogen-bond acceptors (Lipinski definition) is 4. The molecule has 5 nitrogen and oxygen atoms in total. The smallest absolute Gasteiger partial charge is 0.263 e. The van der Waals surface area contributed by atoms with Gasteiger partial charge in [0.15, 0.2) is 0 Å². The first kappa shape index (κ1) is 13.4. The lowest BCUT2D eigenvalue weighted by Crippen LogP contribution is -2.36. The van der Waals surface area contributed by atoms with Crippen molar-refractivity contribution in [1.82, 2.24) is 15.1 Å². The van der Waals surface area contributed by atoms with Crippen molar-refractivity contribution in [3.05, 3.63) is 10.6 Å². The lowest BCUT2D eigenvalue weighted by molar-refractivity contribution is 0.0934. The first-order chi connectivity index (χ1) is 9.49. The highest BCUT2D eigenvalue weighted by Crippen LogP contribution is 2.35. The Morgan fingerprint density at radius 1 is 1.50 bits per heavy atom. The predicted molar refractivity (Wildman–Crippen MR) is 82.0 cm³/mol. The van der Waals surface area contributed by atoms with Gasteiger partial charge in [0.2, 0.25) is 0 Å². The second-order valence-corrected chi connectivity index (χ2v) is 6.72. The zero-order valence-electron chi connectivity index (χ0n) is 12.1. The van der Waals surface area contributed by atoms with Crippen LogP contribution in [0.4, 0.5) is 5.69 Å². The number of anilines is 1. The summed E-state index contributed by atoms with van der Waals surface area (Å²) in [4.78, 5) is 14.0. The van der Waals surface area contributed by atoms with E-state index < -0.39 is 0 Å². The largest absolute Gasteiger partial charge is 0.397 e. The van der Waals surface area contributed by atoms with Crippen molar-refractivity contribution in [2.24, 2.45) is 13.0 Å². The van der Waals surface area contributed by atoms with Crippen LogP contribution in [0.1, 0.15) is 41.6 Å². The Kier molecular flexibility index (Phi) is 3.20. The summed E-state index contributed by atoms with van der Waals surface area (Å²) in [5, 5.41) is 8.40. The Balaban J connectivity index is 1.92. The van der Waals surface area contributed by atoms with E-state index in [1.807, 2.05) is 14.0 Å². The number of carbonyl (C=O) groups excluding carboxylic acids is 1. The van der Waals surface area contributed by atoms with E-state index >= 15 is 0 Å². The molecule has 0 aromatic carbocycles. The molecule has 2 atom stereocenters. The molecular formula is C14H20N4OS. The molecule has 3 rings (SSSR count). The molecule has 1 saturated carbocycles. The van der Waals surface area contributed by atoms with Crippen molar-refractivity contribution >= 4 is 33.1 Å². The summed E-state index contributed by atoms with van der Waals surface area (Å²) in [6.07, 6.45) is 3.45. The standard InChI is InChI=1S/C14H20N4OS/c1-7-5-4-6-9(7)16-13(19)12-11(15)10-8(2)17-18(3)14(10)20-12/h7,9H,4-6,15H2,1-3H3,(H,16,19). The van der Waals surface area contributed by atoms with Crippen LogP contribution in [0.3, 0.4) is 0 Å². The monoisotopic (exact) mass is 292 g/mol. The molecule has 6 heteroatoms. The van der Waals surface area contributed by atoms with Crippen LogP contribution in [0.15, 0.2) is 0 Å². The maximum atomic E-state index is 12.4. The summed E-state index contributed by atoms with van der Waals surface area (Å²) in [5.41, 5.74) is 7.61. The van der Waals surface area contributed by atoms with Crippen LogP contribution < -0.4 is 11.1 Å². The summed E-state index contributed by atoms with van der Waals surface area (Å²) >= 11 is 1.43. The topological polar surface area (TPSA) is 72.9 Å². The third-order valence-corrected chi connectivity index (χ3v) is 5.54. The average Bonchev–Trinajstić information content (AvgIpc) is 3.01. The molecule has 2 heterocycles. The third kappa shape index (κ3) is 1.98. The molecule has 0 saturated heterocycles. The zero-order chi connectivity index (χ0) is 14.4. The van der Waals surface area contributed by atoms with Crippen LogP contribution >= 0.6 is 11.3 Å². The highest BCUT2D eigenvalue weighted by molar-refractivity contribution is 7.21. The van der Waals surface area contributed by atoms with Crippen molar-refractivity contribution in [3.8, 4) is 0 Å². The number of rotatable bonds is 2. The van der Waals surface area contributed by atoms with Crippen LogP contribution in [0.5, 0.6) is 0 Å². The lowest BCUT2D eigenvalue weighted by atomic mass is 10.1. The maximum Gasteiger partial charge on any atom is 0.263 e. The van der Waals surface area contributed by atoms with Gasteiger partial charge in [0.25, 0.3) is 5.91 Å². The minimum atomic E-state index is -0.0400. The normalized spacial score (nSPS) is 22.6. The Hall–Kier alpha value is -1.56. The molecule has 1 fully saturated rings. The van der Waals surface area contributed by atoms with Gasteiger partial charge in [-0.05, 0) is 25.7 Å². The van der Waals surface area contributed by atoms with Crippen molar-refractivity contribution in [1.29, 1.82) is 0 Å². The molecular weight excluding hydrogens is 272 g/mol. The molecule has 20 heavy (non-hydrogen) atoms. The quantitative estimate of drug-likeness (QED) is 0.893. The van der Waals surface area contributed by atoms with Crippen molar-refractivity contribution in [2.45, 2.75) is 39.2 Å². The fourth-order valence-corrected chi connectivity index (χ4v) is 4.18. The van der Waals surface area contributed by atoms with Crippen LogP contribution in [0, 0.1) is 12.8 Å². The molecule has 2 unspecified atom stereocenters. The van der Waals surface area contributed by atoms with E-state index in [9.17, 15) is 4.79 Å². The molecule has 0 radical (unpaired) electrons. The fraction of sp³-hybridized carbons (Fsp3) is 0.571. The van der Waals surface area contributed by atoms with Crippen molar-refractivity contribution in [2.75, 3.05) is 5.73 Å². The summed E-state index contributed by atoms with van der Waals surface area (Å²) in [6, 6.07) is 0.284. The summed E-state index contributed by atoms with van der Waals surface area (Å²) in [5.74, 6) is 0.514. The van der Waals surface area contributed by atoms with E-state index in [1.165, 1.54) is 24.2 Å². The number of nitrogens with one attached hydrogen (secondary N) is 1. The number of nitrogens with two attached hydrogens (primary N) is 1. The van der Waals surface area contributed by atoms with E-state index in [-0.39, 0.29) is 11.9 Å². The number of carbonyl (C=O) groups is 1. The summed E-state index contributed by atoms with van der Waals surface area (Å²) < 4.78 is 1.79. The average molecular weight is 292 g/mol. The van der Waals surface area contributed by atoms with E-state index in [2.05, 4.69) is 17.3 Å². The van der Waals surface area contributed by atoms with E-state index in [1.54, 1.807) is 4.68 Å². The molecule has 1 amide bonds. The Labute approximate surface area is 122 Å². The van der Waals surface area contributed by atoms with Gasteiger partial charge in [-0.15, -0.1) is 11.3 Å². The number of aromatic nitrogens is 2. The molecule has 3 N–H and O–H groups in total. The minimum Gasteiger partial charge on any atom is -0.397 e. The lowest BCUT2D eigenvalue weighted by Gasteiger charge is -2.16. The van der Waals surface area contributed by atoms with Gasteiger partial charge >= 0.3 is 0 Å². The molecule has 0 bridgehead atoms. The first-order valence-corrected chi connectivity index (χ1v) is 7.83. The van der Waals surface area contributed by atoms with E-state index in [0.717, 1.165) is 22.3 Å². The number of aryl methyl sites for hydroxylation is 2. The number of fused-ring (bicyclic) bond motifs is 1. The van der Waals surface area contributed by atoms with Crippen LogP contribution in [0.2, 0.25) is 0 Å². The number of amides is 1. The van der Waals surface area contributed by atoms with Gasteiger partial charge in [0.1, 0.15) is 9.71 Å². The Morgan fingerprint density at radius 3 is 2.85 bits per heavy atom. The molecule has 108 valence electrons. The van der Waals surface area contributed by atoms with E-state index in [4.69, 9.17) is 5.73 Å². The van der Waals surface area contributed by atoms with Gasteiger partial charge in [0, 0.05) is 13.1 Å². The molecule has 0 aliphatic heterocycles. The number of nitrogen functional groups attached to an aromatic ring is 1.